The fourth-order valence-corrected chi connectivity index (χ4v) is 5.60. The van der Waals surface area contributed by atoms with Crippen molar-refractivity contribution >= 4 is 27.4 Å². The molecule has 0 spiro atoms. The molecule has 6 nitrogen and oxygen atoms in total. The molecule has 1 fully saturated rings. The van der Waals surface area contributed by atoms with Crippen molar-refractivity contribution in [3.05, 3.63) is 64.7 Å². The second-order valence-electron chi connectivity index (χ2n) is 7.51. The van der Waals surface area contributed by atoms with Gasteiger partial charge in [0.15, 0.2) is 16.4 Å². The van der Waals surface area contributed by atoms with Crippen LogP contribution in [-0.4, -0.2) is 44.4 Å². The van der Waals surface area contributed by atoms with E-state index in [2.05, 4.69) is 0 Å². The summed E-state index contributed by atoms with van der Waals surface area (Å²) in [5.41, 5.74) is 3.69. The number of ether oxygens (including phenoxy) is 1. The third kappa shape index (κ3) is 4.85. The van der Waals surface area contributed by atoms with Crippen molar-refractivity contribution in [3.8, 4) is 0 Å². The van der Waals surface area contributed by atoms with Gasteiger partial charge >= 0.3 is 5.97 Å². The fourth-order valence-electron chi connectivity index (χ4n) is 3.90. The lowest BCUT2D eigenvalue weighted by Crippen LogP contribution is -2.43. The lowest BCUT2D eigenvalue weighted by atomic mass is 10.00. The minimum absolute atomic E-state index is 0.0514. The average molecular weight is 416 g/mol. The van der Waals surface area contributed by atoms with Crippen molar-refractivity contribution in [2.45, 2.75) is 33.2 Å². The third-order valence-electron chi connectivity index (χ3n) is 5.08. The zero-order chi connectivity index (χ0) is 21.2. The molecule has 0 unspecified atom stereocenters. The summed E-state index contributed by atoms with van der Waals surface area (Å²) in [7, 11) is -3.17. The van der Waals surface area contributed by atoms with Crippen LogP contribution in [0.3, 0.4) is 0 Å². The van der Waals surface area contributed by atoms with Crippen LogP contribution in [0.15, 0.2) is 42.5 Å². The van der Waals surface area contributed by atoms with Crippen LogP contribution in [0.4, 0.5) is 5.69 Å². The molecule has 0 bridgehead atoms. The molecule has 0 aliphatic carbocycles. The Hall–Kier alpha value is -2.67. The summed E-state index contributed by atoms with van der Waals surface area (Å²) >= 11 is 0. The standard InChI is InChI=1S/C22H25NO5S/c1-15-11-16(2)21(17(3)12-15)22(25)28-13-20(24)23(18-7-5-4-6-8-18)19-9-10-29(26,27)14-19/h4-8,11-12,19H,9-10,13-14H2,1-3H3/t19-/m1/s1. The second-order valence-corrected chi connectivity index (χ2v) is 9.73. The van der Waals surface area contributed by atoms with Gasteiger partial charge in [0.25, 0.3) is 5.91 Å². The molecule has 1 aliphatic heterocycles. The van der Waals surface area contributed by atoms with Crippen LogP contribution < -0.4 is 4.90 Å². The van der Waals surface area contributed by atoms with Gasteiger partial charge in [-0.1, -0.05) is 35.9 Å². The van der Waals surface area contributed by atoms with Gasteiger partial charge in [0, 0.05) is 5.69 Å². The van der Waals surface area contributed by atoms with Gasteiger partial charge < -0.3 is 9.64 Å². The van der Waals surface area contributed by atoms with Gasteiger partial charge in [-0.2, -0.15) is 0 Å². The number of rotatable bonds is 5. The molecule has 2 aromatic rings. The molecule has 1 atom stereocenters. The first kappa shape index (κ1) is 21.0. The Morgan fingerprint density at radius 3 is 2.24 bits per heavy atom. The van der Waals surface area contributed by atoms with Gasteiger partial charge in [0.05, 0.1) is 23.1 Å². The number of nitrogens with zero attached hydrogens (tertiary/aromatic N) is 1. The summed E-state index contributed by atoms with van der Waals surface area (Å²) in [6.07, 6.45) is 0.368. The van der Waals surface area contributed by atoms with E-state index in [0.717, 1.165) is 16.7 Å². The molecule has 29 heavy (non-hydrogen) atoms. The highest BCUT2D eigenvalue weighted by Gasteiger charge is 2.35. The molecule has 0 saturated carbocycles. The van der Waals surface area contributed by atoms with E-state index in [-0.39, 0.29) is 11.5 Å². The Kier molecular flexibility index (Phi) is 6.07. The van der Waals surface area contributed by atoms with Gasteiger partial charge in [-0.3, -0.25) is 4.79 Å². The molecule has 1 amide bonds. The number of amides is 1. The van der Waals surface area contributed by atoms with Crippen molar-refractivity contribution in [3.63, 3.8) is 0 Å². The van der Waals surface area contributed by atoms with Gasteiger partial charge in [-0.05, 0) is 50.5 Å². The van der Waals surface area contributed by atoms with Crippen molar-refractivity contribution in [2.75, 3.05) is 23.0 Å². The van der Waals surface area contributed by atoms with Crippen LogP contribution in [0.1, 0.15) is 33.5 Å². The molecule has 0 N–H and O–H groups in total. The minimum Gasteiger partial charge on any atom is -0.452 e. The molecule has 0 radical (unpaired) electrons. The van der Waals surface area contributed by atoms with Crippen molar-refractivity contribution in [1.82, 2.24) is 0 Å². The number of aryl methyl sites for hydroxylation is 3. The highest BCUT2D eigenvalue weighted by Crippen LogP contribution is 2.25. The zero-order valence-corrected chi connectivity index (χ0v) is 17.7. The molecule has 154 valence electrons. The predicted molar refractivity (Wildman–Crippen MR) is 112 cm³/mol. The molecule has 0 aromatic heterocycles. The highest BCUT2D eigenvalue weighted by atomic mass is 32.2. The quantitative estimate of drug-likeness (QED) is 0.702. The molecule has 7 heteroatoms. The molecule has 1 aliphatic rings. The summed E-state index contributed by atoms with van der Waals surface area (Å²) < 4.78 is 29.2. The number of esters is 1. The second kappa shape index (κ2) is 8.37. The van der Waals surface area contributed by atoms with E-state index in [9.17, 15) is 18.0 Å². The van der Waals surface area contributed by atoms with Crippen LogP contribution in [-0.2, 0) is 19.4 Å². The first-order valence-electron chi connectivity index (χ1n) is 9.50. The highest BCUT2D eigenvalue weighted by molar-refractivity contribution is 7.91. The van der Waals surface area contributed by atoms with Crippen LogP contribution in [0.25, 0.3) is 0 Å². The number of carbonyl (C=O) groups excluding carboxylic acids is 2. The Labute approximate surface area is 171 Å². The first-order chi connectivity index (χ1) is 13.7. The number of anilines is 1. The number of sulfone groups is 1. The Balaban J connectivity index is 1.78. The maximum Gasteiger partial charge on any atom is 0.339 e. The van der Waals surface area contributed by atoms with Crippen LogP contribution >= 0.6 is 0 Å². The van der Waals surface area contributed by atoms with Gasteiger partial charge in [0.1, 0.15) is 0 Å². The van der Waals surface area contributed by atoms with E-state index >= 15 is 0 Å². The topological polar surface area (TPSA) is 80.8 Å². The maximum absolute atomic E-state index is 13.0. The van der Waals surface area contributed by atoms with Crippen molar-refractivity contribution in [1.29, 1.82) is 0 Å². The zero-order valence-electron chi connectivity index (χ0n) is 16.8. The maximum atomic E-state index is 13.0. The predicted octanol–water partition coefficient (Wildman–Crippen LogP) is 2.99. The number of carbonyl (C=O) groups is 2. The Bertz CT molecular complexity index is 1010. The number of hydrogen-bond acceptors (Lipinski definition) is 5. The molecule has 1 heterocycles. The number of hydrogen-bond donors (Lipinski definition) is 0. The Morgan fingerprint density at radius 2 is 1.69 bits per heavy atom. The summed E-state index contributed by atoms with van der Waals surface area (Å²) in [6, 6.07) is 12.2. The molecule has 3 rings (SSSR count). The largest absolute Gasteiger partial charge is 0.452 e. The number of para-hydroxylation sites is 1. The molecule has 2 aromatic carbocycles. The van der Waals surface area contributed by atoms with Crippen molar-refractivity contribution in [2.24, 2.45) is 0 Å². The van der Waals surface area contributed by atoms with Gasteiger partial charge in [0.2, 0.25) is 0 Å². The summed E-state index contributed by atoms with van der Waals surface area (Å²) in [5, 5.41) is 0. The van der Waals surface area contributed by atoms with Crippen LogP contribution in [0.2, 0.25) is 0 Å². The summed E-state index contributed by atoms with van der Waals surface area (Å²) in [5.74, 6) is -1.03. The van der Waals surface area contributed by atoms with E-state index in [1.165, 1.54) is 4.90 Å². The smallest absolute Gasteiger partial charge is 0.339 e. The summed E-state index contributed by atoms with van der Waals surface area (Å²) in [6.45, 7) is 5.17. The van der Waals surface area contributed by atoms with Crippen molar-refractivity contribution < 1.29 is 22.7 Å². The van der Waals surface area contributed by atoms with E-state index in [1.54, 1.807) is 24.3 Å². The van der Waals surface area contributed by atoms with E-state index in [0.29, 0.717) is 17.7 Å². The SMILES string of the molecule is Cc1cc(C)c(C(=O)OCC(=O)N(c2ccccc2)[C@@H]2CCS(=O)(=O)C2)c(C)c1. The Morgan fingerprint density at radius 1 is 1.07 bits per heavy atom. The lowest BCUT2D eigenvalue weighted by Gasteiger charge is -2.28. The normalized spacial score (nSPS) is 17.7. The number of benzene rings is 2. The first-order valence-corrected chi connectivity index (χ1v) is 11.3. The van der Waals surface area contributed by atoms with Gasteiger partial charge in [-0.15, -0.1) is 0 Å². The molecular formula is C22H25NO5S. The van der Waals surface area contributed by atoms with Gasteiger partial charge in [-0.25, -0.2) is 13.2 Å². The fraction of sp³-hybridized carbons (Fsp3) is 0.364. The van der Waals surface area contributed by atoms with E-state index in [4.69, 9.17) is 4.74 Å². The molecule has 1 saturated heterocycles. The lowest BCUT2D eigenvalue weighted by molar-refractivity contribution is -0.122. The molecular weight excluding hydrogens is 390 g/mol. The third-order valence-corrected chi connectivity index (χ3v) is 6.83. The summed E-state index contributed by atoms with van der Waals surface area (Å²) in [4.78, 5) is 27.0. The minimum atomic E-state index is -3.17. The van der Waals surface area contributed by atoms with Crippen LogP contribution in [0, 0.1) is 20.8 Å². The average Bonchev–Trinajstić information content (AvgIpc) is 2.99. The van der Waals surface area contributed by atoms with Crippen LogP contribution in [0.5, 0.6) is 0 Å². The monoisotopic (exact) mass is 415 g/mol. The van der Waals surface area contributed by atoms with E-state index in [1.807, 2.05) is 39.0 Å². The van der Waals surface area contributed by atoms with E-state index < -0.39 is 34.4 Å².